The zero-order valence-corrected chi connectivity index (χ0v) is 11.4. The van der Waals surface area contributed by atoms with E-state index >= 15 is 0 Å². The average molecular weight is 250 g/mol. The molecule has 0 spiro atoms. The van der Waals surface area contributed by atoms with Crippen molar-refractivity contribution in [1.29, 1.82) is 0 Å². The lowest BCUT2D eigenvalue weighted by Crippen LogP contribution is -2.16. The monoisotopic (exact) mass is 250 g/mol. The number of hydrogen-bond donors (Lipinski definition) is 0. The summed E-state index contributed by atoms with van der Waals surface area (Å²) in [5, 5.41) is 0. The predicted molar refractivity (Wildman–Crippen MR) is 68.0 cm³/mol. The zero-order chi connectivity index (χ0) is 13.1. The molecular weight excluding hydrogens is 235 g/mol. The molecule has 0 fully saturated rings. The summed E-state index contributed by atoms with van der Waals surface area (Å²) in [6.07, 6.45) is 0. The largest absolute Gasteiger partial charge is 0.465 e. The lowest BCUT2D eigenvalue weighted by Gasteiger charge is -2.04. The molecule has 0 aliphatic heterocycles. The van der Waals surface area contributed by atoms with Gasteiger partial charge in [-0.1, -0.05) is 25.6 Å². The highest BCUT2D eigenvalue weighted by Gasteiger charge is 2.10. The summed E-state index contributed by atoms with van der Waals surface area (Å²) in [6, 6.07) is 4.01. The molecule has 0 saturated carbocycles. The van der Waals surface area contributed by atoms with Gasteiger partial charge in [0.1, 0.15) is 13.9 Å². The van der Waals surface area contributed by atoms with Gasteiger partial charge in [0, 0.05) is 5.56 Å². The molecule has 0 bridgehead atoms. The highest BCUT2D eigenvalue weighted by atomic mass is 28.3. The third-order valence-electron chi connectivity index (χ3n) is 1.90. The van der Waals surface area contributed by atoms with Crippen molar-refractivity contribution in [3.63, 3.8) is 0 Å². The van der Waals surface area contributed by atoms with E-state index in [1.807, 2.05) is 0 Å². The van der Waals surface area contributed by atoms with Gasteiger partial charge in [0.15, 0.2) is 0 Å². The van der Waals surface area contributed by atoms with Gasteiger partial charge in [-0.3, -0.25) is 0 Å². The minimum absolute atomic E-state index is 0.187. The highest BCUT2D eigenvalue weighted by molar-refractivity contribution is 6.83. The Morgan fingerprint density at radius 1 is 1.29 bits per heavy atom. The average Bonchev–Trinajstić information content (AvgIpc) is 2.23. The molecule has 1 aromatic rings. The number of rotatable bonds is 1. The van der Waals surface area contributed by atoms with Crippen molar-refractivity contribution >= 4 is 14.0 Å². The molecule has 0 aliphatic rings. The number of esters is 1. The first kappa shape index (κ1) is 13.5. The van der Waals surface area contributed by atoms with Crippen LogP contribution in [0.2, 0.25) is 19.6 Å². The Kier molecular flexibility index (Phi) is 4.08. The number of benzene rings is 1. The van der Waals surface area contributed by atoms with Crippen molar-refractivity contribution in [3.05, 3.63) is 35.1 Å². The molecule has 0 N–H and O–H groups in total. The van der Waals surface area contributed by atoms with Crippen molar-refractivity contribution in [2.75, 3.05) is 7.11 Å². The van der Waals surface area contributed by atoms with Crippen LogP contribution in [-0.2, 0) is 4.74 Å². The maximum absolute atomic E-state index is 13.3. The first-order valence-electron chi connectivity index (χ1n) is 5.24. The zero-order valence-electron chi connectivity index (χ0n) is 10.4. The van der Waals surface area contributed by atoms with E-state index in [9.17, 15) is 9.18 Å². The molecular formula is C13H15FO2Si. The summed E-state index contributed by atoms with van der Waals surface area (Å²) in [6.45, 7) is 6.29. The minimum atomic E-state index is -1.51. The van der Waals surface area contributed by atoms with E-state index in [0.717, 1.165) is 6.07 Å². The lowest BCUT2D eigenvalue weighted by atomic mass is 10.1. The maximum Gasteiger partial charge on any atom is 0.337 e. The molecule has 0 unspecified atom stereocenters. The smallest absolute Gasteiger partial charge is 0.337 e. The first-order valence-corrected chi connectivity index (χ1v) is 8.74. The Labute approximate surface area is 102 Å². The molecule has 17 heavy (non-hydrogen) atoms. The minimum Gasteiger partial charge on any atom is -0.465 e. The Balaban J connectivity index is 3.13. The van der Waals surface area contributed by atoms with Gasteiger partial charge in [-0.2, -0.15) is 0 Å². The molecule has 1 rings (SSSR count). The molecule has 1 aromatic carbocycles. The molecule has 0 saturated heterocycles. The third-order valence-corrected chi connectivity index (χ3v) is 2.78. The van der Waals surface area contributed by atoms with Gasteiger partial charge in [0.05, 0.1) is 12.7 Å². The Morgan fingerprint density at radius 3 is 2.47 bits per heavy atom. The SMILES string of the molecule is COC(=O)c1cc(F)cc(C#C[Si](C)(C)C)c1. The molecule has 0 atom stereocenters. The van der Waals surface area contributed by atoms with Crippen molar-refractivity contribution in [2.45, 2.75) is 19.6 Å². The lowest BCUT2D eigenvalue weighted by molar-refractivity contribution is 0.0600. The fourth-order valence-corrected chi connectivity index (χ4v) is 1.68. The number of hydrogen-bond acceptors (Lipinski definition) is 2. The summed E-state index contributed by atoms with van der Waals surface area (Å²) < 4.78 is 17.8. The van der Waals surface area contributed by atoms with Crippen LogP contribution in [0.15, 0.2) is 18.2 Å². The summed E-state index contributed by atoms with van der Waals surface area (Å²) in [4.78, 5) is 11.3. The molecule has 2 nitrogen and oxygen atoms in total. The number of halogens is 1. The van der Waals surface area contributed by atoms with Gasteiger partial charge in [0.25, 0.3) is 0 Å². The number of carbonyl (C=O) groups is 1. The van der Waals surface area contributed by atoms with Crippen LogP contribution in [0.5, 0.6) is 0 Å². The van der Waals surface area contributed by atoms with E-state index in [4.69, 9.17) is 0 Å². The highest BCUT2D eigenvalue weighted by Crippen LogP contribution is 2.10. The van der Waals surface area contributed by atoms with Crippen LogP contribution in [0.3, 0.4) is 0 Å². The molecule has 4 heteroatoms. The van der Waals surface area contributed by atoms with E-state index < -0.39 is 19.9 Å². The number of ether oxygens (including phenoxy) is 1. The predicted octanol–water partition coefficient (Wildman–Crippen LogP) is 2.84. The van der Waals surface area contributed by atoms with Crippen molar-refractivity contribution in [1.82, 2.24) is 0 Å². The fourth-order valence-electron chi connectivity index (χ4n) is 1.16. The van der Waals surface area contributed by atoms with Crippen LogP contribution in [0.1, 0.15) is 15.9 Å². The van der Waals surface area contributed by atoms with E-state index in [2.05, 4.69) is 35.8 Å². The second-order valence-corrected chi connectivity index (χ2v) is 9.47. The van der Waals surface area contributed by atoms with Crippen LogP contribution >= 0.6 is 0 Å². The van der Waals surface area contributed by atoms with Gasteiger partial charge in [0.2, 0.25) is 0 Å². The van der Waals surface area contributed by atoms with Gasteiger partial charge >= 0.3 is 5.97 Å². The van der Waals surface area contributed by atoms with E-state index in [-0.39, 0.29) is 5.56 Å². The summed E-state index contributed by atoms with van der Waals surface area (Å²) in [7, 11) is -0.245. The van der Waals surface area contributed by atoms with Crippen LogP contribution in [0, 0.1) is 17.3 Å². The second kappa shape index (κ2) is 5.15. The van der Waals surface area contributed by atoms with Crippen LogP contribution in [0.4, 0.5) is 4.39 Å². The molecule has 90 valence electrons. The number of methoxy groups -OCH3 is 1. The van der Waals surface area contributed by atoms with Gasteiger partial charge in [-0.15, -0.1) is 5.54 Å². The molecule has 0 radical (unpaired) electrons. The van der Waals surface area contributed by atoms with Gasteiger partial charge < -0.3 is 4.74 Å². The third kappa shape index (κ3) is 4.41. The van der Waals surface area contributed by atoms with E-state index in [1.165, 1.54) is 13.2 Å². The van der Waals surface area contributed by atoms with Gasteiger partial charge in [-0.05, 0) is 18.2 Å². The van der Waals surface area contributed by atoms with Crippen LogP contribution in [0.25, 0.3) is 0 Å². The first-order chi connectivity index (χ1) is 7.81. The molecule has 0 heterocycles. The molecule has 0 aromatic heterocycles. The van der Waals surface area contributed by atoms with E-state index in [0.29, 0.717) is 5.56 Å². The molecule has 0 aliphatic carbocycles. The van der Waals surface area contributed by atoms with Gasteiger partial charge in [-0.25, -0.2) is 9.18 Å². The van der Waals surface area contributed by atoms with Crippen LogP contribution < -0.4 is 0 Å². The standard InChI is InChI=1S/C13H15FO2Si/c1-16-13(15)11-7-10(8-12(14)9-11)5-6-17(2,3)4/h7-9H,1-4H3. The van der Waals surface area contributed by atoms with Crippen molar-refractivity contribution < 1.29 is 13.9 Å². The topological polar surface area (TPSA) is 26.3 Å². The van der Waals surface area contributed by atoms with Crippen molar-refractivity contribution in [3.8, 4) is 11.5 Å². The quantitative estimate of drug-likeness (QED) is 0.435. The fraction of sp³-hybridized carbons (Fsp3) is 0.308. The van der Waals surface area contributed by atoms with E-state index in [1.54, 1.807) is 6.07 Å². The number of carbonyl (C=O) groups excluding carboxylic acids is 1. The summed E-state index contributed by atoms with van der Waals surface area (Å²) in [5.41, 5.74) is 3.81. The normalized spacial score (nSPS) is 10.4. The molecule has 0 amide bonds. The van der Waals surface area contributed by atoms with Crippen molar-refractivity contribution in [2.24, 2.45) is 0 Å². The Hall–Kier alpha value is -1.60. The Morgan fingerprint density at radius 2 is 1.94 bits per heavy atom. The second-order valence-electron chi connectivity index (χ2n) is 4.72. The maximum atomic E-state index is 13.3. The summed E-state index contributed by atoms with van der Waals surface area (Å²) in [5.74, 6) is 1.87. The Bertz CT molecular complexity index is 492. The van der Waals surface area contributed by atoms with Crippen LogP contribution in [-0.4, -0.2) is 21.2 Å². The summed E-state index contributed by atoms with van der Waals surface area (Å²) >= 11 is 0.